The SMILES string of the molecule is NC1CCCN(Cc2cc(C(F)(F)F)n[nH]2)C1. The van der Waals surface area contributed by atoms with E-state index >= 15 is 0 Å². The van der Waals surface area contributed by atoms with Crippen molar-refractivity contribution in [3.63, 3.8) is 0 Å². The van der Waals surface area contributed by atoms with E-state index in [2.05, 4.69) is 10.2 Å². The number of aromatic amines is 1. The number of nitrogens with one attached hydrogen (secondary N) is 1. The first kappa shape index (κ1) is 12.4. The Morgan fingerprint density at radius 1 is 1.53 bits per heavy atom. The molecule has 0 saturated carbocycles. The molecule has 0 aromatic carbocycles. The Bertz CT molecular complexity index is 374. The summed E-state index contributed by atoms with van der Waals surface area (Å²) in [6.45, 7) is 2.03. The van der Waals surface area contributed by atoms with E-state index in [9.17, 15) is 13.2 Å². The van der Waals surface area contributed by atoms with Gasteiger partial charge in [0.25, 0.3) is 0 Å². The van der Waals surface area contributed by atoms with Crippen molar-refractivity contribution in [3.8, 4) is 0 Å². The minimum absolute atomic E-state index is 0.119. The van der Waals surface area contributed by atoms with E-state index in [1.807, 2.05) is 4.90 Å². The van der Waals surface area contributed by atoms with E-state index in [1.54, 1.807) is 0 Å². The van der Waals surface area contributed by atoms with Crippen molar-refractivity contribution in [2.24, 2.45) is 5.73 Å². The van der Waals surface area contributed by atoms with Crippen LogP contribution < -0.4 is 5.73 Å². The lowest BCUT2D eigenvalue weighted by atomic mass is 10.1. The zero-order valence-corrected chi connectivity index (χ0v) is 9.30. The highest BCUT2D eigenvalue weighted by Gasteiger charge is 2.34. The molecule has 0 bridgehead atoms. The van der Waals surface area contributed by atoms with Gasteiger partial charge in [0.1, 0.15) is 0 Å². The van der Waals surface area contributed by atoms with Crippen LogP contribution in [0.15, 0.2) is 6.07 Å². The molecule has 0 amide bonds. The van der Waals surface area contributed by atoms with Crippen molar-refractivity contribution in [1.29, 1.82) is 0 Å². The fraction of sp³-hybridized carbons (Fsp3) is 0.700. The van der Waals surface area contributed by atoms with Crippen LogP contribution in [0.4, 0.5) is 13.2 Å². The normalized spacial score (nSPS) is 22.9. The highest BCUT2D eigenvalue weighted by molar-refractivity contribution is 5.11. The third kappa shape index (κ3) is 3.19. The molecule has 96 valence electrons. The van der Waals surface area contributed by atoms with Gasteiger partial charge in [-0.3, -0.25) is 10.00 Å². The summed E-state index contributed by atoms with van der Waals surface area (Å²) in [4.78, 5) is 2.04. The Hall–Kier alpha value is -1.08. The number of piperidine rings is 1. The molecule has 4 nitrogen and oxygen atoms in total. The monoisotopic (exact) mass is 248 g/mol. The number of aromatic nitrogens is 2. The fourth-order valence-corrected chi connectivity index (χ4v) is 2.06. The van der Waals surface area contributed by atoms with Gasteiger partial charge in [-0.15, -0.1) is 0 Å². The van der Waals surface area contributed by atoms with Crippen LogP contribution in [0.5, 0.6) is 0 Å². The summed E-state index contributed by atoms with van der Waals surface area (Å²) >= 11 is 0. The Labute approximate surface area is 97.0 Å². The summed E-state index contributed by atoms with van der Waals surface area (Å²) in [5, 5.41) is 5.69. The molecular formula is C10H15F3N4. The van der Waals surface area contributed by atoms with Crippen molar-refractivity contribution >= 4 is 0 Å². The van der Waals surface area contributed by atoms with E-state index in [0.717, 1.165) is 32.0 Å². The van der Waals surface area contributed by atoms with Gasteiger partial charge in [0.05, 0.1) is 0 Å². The lowest BCUT2D eigenvalue weighted by molar-refractivity contribution is -0.141. The van der Waals surface area contributed by atoms with Crippen LogP contribution in [0, 0.1) is 0 Å². The van der Waals surface area contributed by atoms with E-state index in [-0.39, 0.29) is 6.04 Å². The van der Waals surface area contributed by atoms with Crippen LogP contribution in [0.1, 0.15) is 24.2 Å². The van der Waals surface area contributed by atoms with Crippen LogP contribution >= 0.6 is 0 Å². The Kier molecular flexibility index (Phi) is 3.39. The average molecular weight is 248 g/mol. The predicted molar refractivity (Wildman–Crippen MR) is 56.1 cm³/mol. The van der Waals surface area contributed by atoms with Crippen LogP contribution in [-0.4, -0.2) is 34.2 Å². The lowest BCUT2D eigenvalue weighted by Gasteiger charge is -2.30. The number of nitrogens with zero attached hydrogens (tertiary/aromatic N) is 2. The van der Waals surface area contributed by atoms with Gasteiger partial charge in [-0.25, -0.2) is 0 Å². The number of rotatable bonds is 2. The molecule has 1 aliphatic heterocycles. The topological polar surface area (TPSA) is 57.9 Å². The molecule has 1 fully saturated rings. The lowest BCUT2D eigenvalue weighted by Crippen LogP contribution is -2.42. The maximum absolute atomic E-state index is 12.3. The molecule has 0 aliphatic carbocycles. The molecule has 2 rings (SSSR count). The van der Waals surface area contributed by atoms with Gasteiger partial charge in [-0.2, -0.15) is 18.3 Å². The second-order valence-corrected chi connectivity index (χ2v) is 4.41. The van der Waals surface area contributed by atoms with E-state index < -0.39 is 11.9 Å². The van der Waals surface area contributed by atoms with Crippen LogP contribution in [0.25, 0.3) is 0 Å². The van der Waals surface area contributed by atoms with Gasteiger partial charge in [0, 0.05) is 24.8 Å². The van der Waals surface area contributed by atoms with Crippen molar-refractivity contribution < 1.29 is 13.2 Å². The number of hydrogen-bond acceptors (Lipinski definition) is 3. The van der Waals surface area contributed by atoms with Gasteiger partial charge in [0.15, 0.2) is 5.69 Å². The van der Waals surface area contributed by atoms with E-state index in [4.69, 9.17) is 5.73 Å². The molecule has 7 heteroatoms. The molecule has 0 spiro atoms. The van der Waals surface area contributed by atoms with E-state index in [1.165, 1.54) is 0 Å². The van der Waals surface area contributed by atoms with Crippen LogP contribution in [0.2, 0.25) is 0 Å². The first-order valence-electron chi connectivity index (χ1n) is 5.54. The summed E-state index contributed by atoms with van der Waals surface area (Å²) < 4.78 is 37.0. The molecule has 2 heterocycles. The number of hydrogen-bond donors (Lipinski definition) is 2. The molecule has 3 N–H and O–H groups in total. The second-order valence-electron chi connectivity index (χ2n) is 4.41. The summed E-state index contributed by atoms with van der Waals surface area (Å²) in [6, 6.07) is 1.17. The molecular weight excluding hydrogens is 233 g/mol. The minimum atomic E-state index is -4.38. The summed E-state index contributed by atoms with van der Waals surface area (Å²) in [6.07, 6.45) is -2.41. The highest BCUT2D eigenvalue weighted by atomic mass is 19.4. The third-order valence-corrected chi connectivity index (χ3v) is 2.86. The minimum Gasteiger partial charge on any atom is -0.327 e. The summed E-state index contributed by atoms with van der Waals surface area (Å²) in [5.74, 6) is 0. The molecule has 1 atom stereocenters. The fourth-order valence-electron chi connectivity index (χ4n) is 2.06. The first-order chi connectivity index (χ1) is 7.95. The number of nitrogens with two attached hydrogens (primary N) is 1. The number of likely N-dealkylation sites (tertiary alicyclic amines) is 1. The van der Waals surface area contributed by atoms with Crippen molar-refractivity contribution in [2.75, 3.05) is 13.1 Å². The molecule has 1 saturated heterocycles. The zero-order chi connectivity index (χ0) is 12.5. The maximum Gasteiger partial charge on any atom is 0.435 e. The molecule has 1 aliphatic rings. The molecule has 17 heavy (non-hydrogen) atoms. The number of alkyl halides is 3. The quantitative estimate of drug-likeness (QED) is 0.830. The maximum atomic E-state index is 12.3. The Morgan fingerprint density at radius 3 is 2.88 bits per heavy atom. The third-order valence-electron chi connectivity index (χ3n) is 2.86. The second kappa shape index (κ2) is 4.66. The van der Waals surface area contributed by atoms with Crippen molar-refractivity contribution in [2.45, 2.75) is 31.6 Å². The smallest absolute Gasteiger partial charge is 0.327 e. The van der Waals surface area contributed by atoms with Gasteiger partial charge in [-0.1, -0.05) is 0 Å². The van der Waals surface area contributed by atoms with Crippen LogP contribution in [0.3, 0.4) is 0 Å². The highest BCUT2D eigenvalue weighted by Crippen LogP contribution is 2.28. The van der Waals surface area contributed by atoms with Gasteiger partial charge >= 0.3 is 6.18 Å². The van der Waals surface area contributed by atoms with Crippen LogP contribution in [-0.2, 0) is 12.7 Å². The van der Waals surface area contributed by atoms with Gasteiger partial charge < -0.3 is 5.73 Å². The van der Waals surface area contributed by atoms with E-state index in [0.29, 0.717) is 12.2 Å². The standard InChI is InChI=1S/C10H15F3N4/c11-10(12,13)9-4-8(15-16-9)6-17-3-1-2-7(14)5-17/h4,7H,1-3,5-6,14H2,(H,15,16). The molecule has 1 unspecified atom stereocenters. The summed E-state index contributed by atoms with van der Waals surface area (Å²) in [7, 11) is 0. The molecule has 0 radical (unpaired) electrons. The van der Waals surface area contributed by atoms with Gasteiger partial charge in [-0.05, 0) is 25.5 Å². The average Bonchev–Trinajstić information content (AvgIpc) is 2.65. The zero-order valence-electron chi connectivity index (χ0n) is 9.30. The number of H-pyrrole nitrogens is 1. The Morgan fingerprint density at radius 2 is 2.29 bits per heavy atom. The molecule has 1 aromatic heterocycles. The van der Waals surface area contributed by atoms with Crippen molar-refractivity contribution in [1.82, 2.24) is 15.1 Å². The predicted octanol–water partition coefficient (Wildman–Crippen LogP) is 1.35. The van der Waals surface area contributed by atoms with Gasteiger partial charge in [0.2, 0.25) is 0 Å². The first-order valence-corrected chi connectivity index (χ1v) is 5.54. The van der Waals surface area contributed by atoms with Crippen molar-refractivity contribution in [3.05, 3.63) is 17.5 Å². The number of halogens is 3. The molecule has 1 aromatic rings. The summed E-state index contributed by atoms with van der Waals surface area (Å²) in [5.41, 5.74) is 5.42. The largest absolute Gasteiger partial charge is 0.435 e. The Balaban J connectivity index is 1.97.